The van der Waals surface area contributed by atoms with Crippen LogP contribution in [0.4, 0.5) is 0 Å². The zero-order chi connectivity index (χ0) is 39.2. The van der Waals surface area contributed by atoms with Crippen LogP contribution in [0.15, 0.2) is 48.6 Å². The number of allylic oxidation sites excluding steroid dienone is 8. The molecular weight excluding hydrogens is 703 g/mol. The minimum absolute atomic E-state index is 0.0935. The van der Waals surface area contributed by atoms with Gasteiger partial charge in [0.05, 0.1) is 13.2 Å². The molecule has 13 heteroatoms. The summed E-state index contributed by atoms with van der Waals surface area (Å²) in [6.45, 7) is 4.06. The molecule has 6 N–H and O–H groups in total. The first-order chi connectivity index (χ1) is 25.5. The molecule has 1 aliphatic carbocycles. The second-order valence-electron chi connectivity index (χ2n) is 13.8. The third-order valence-corrected chi connectivity index (χ3v) is 9.95. The first-order valence-corrected chi connectivity index (χ1v) is 21.5. The lowest BCUT2D eigenvalue weighted by Gasteiger charge is -2.41. The van der Waals surface area contributed by atoms with E-state index in [2.05, 4.69) is 62.5 Å². The largest absolute Gasteiger partial charge is 0.472 e. The van der Waals surface area contributed by atoms with E-state index in [1.807, 2.05) is 0 Å². The third kappa shape index (κ3) is 24.4. The van der Waals surface area contributed by atoms with Crippen LogP contribution in [0.5, 0.6) is 0 Å². The number of hydrogen-bond donors (Lipinski definition) is 6. The highest BCUT2D eigenvalue weighted by molar-refractivity contribution is 7.47. The molecule has 0 aromatic heterocycles. The molecule has 1 aliphatic rings. The fourth-order valence-electron chi connectivity index (χ4n) is 5.76. The number of rotatable bonds is 32. The van der Waals surface area contributed by atoms with Gasteiger partial charge in [-0.05, 0) is 51.4 Å². The van der Waals surface area contributed by atoms with Gasteiger partial charge < -0.3 is 39.9 Å². The van der Waals surface area contributed by atoms with Gasteiger partial charge >= 0.3 is 13.8 Å². The highest BCUT2D eigenvalue weighted by Crippen LogP contribution is 2.47. The summed E-state index contributed by atoms with van der Waals surface area (Å²) >= 11 is 0. The maximum absolute atomic E-state index is 12.7. The molecule has 1 rings (SSSR count). The summed E-state index contributed by atoms with van der Waals surface area (Å²) in [5.41, 5.74) is 0. The standard InChI is InChI=1S/C40H71O12P/c1-3-5-7-9-11-13-15-16-17-18-19-21-23-25-27-29-34(41)51-33(31-49-30-28-26-24-22-20-14-12-10-8-6-4-2)32-50-53(47,48)52-40-38(45)36(43)35(42)37(44)39(40)46/h5,7,11,13,16-17,19,21,33,35-40,42-46H,3-4,6,8-10,12,14-15,18,20,22-32H2,1-2H3,(H,47,48)/b7-5-,13-11-,17-16-,21-19-. The predicted molar refractivity (Wildman–Crippen MR) is 207 cm³/mol. The van der Waals surface area contributed by atoms with Crippen molar-refractivity contribution in [1.29, 1.82) is 0 Å². The predicted octanol–water partition coefficient (Wildman–Crippen LogP) is 6.91. The van der Waals surface area contributed by atoms with Crippen molar-refractivity contribution < 1.29 is 58.3 Å². The van der Waals surface area contributed by atoms with Gasteiger partial charge in [-0.2, -0.15) is 0 Å². The molecule has 6 atom stereocenters. The summed E-state index contributed by atoms with van der Waals surface area (Å²) in [5.74, 6) is -0.519. The van der Waals surface area contributed by atoms with E-state index in [4.69, 9.17) is 18.5 Å². The van der Waals surface area contributed by atoms with Crippen LogP contribution in [0.1, 0.15) is 136 Å². The van der Waals surface area contributed by atoms with Crippen molar-refractivity contribution in [1.82, 2.24) is 0 Å². The Morgan fingerprint density at radius 1 is 0.623 bits per heavy atom. The van der Waals surface area contributed by atoms with Crippen molar-refractivity contribution in [3.63, 3.8) is 0 Å². The number of carbonyl (C=O) groups excluding carboxylic acids is 1. The Morgan fingerprint density at radius 3 is 1.66 bits per heavy atom. The number of hydrogen-bond acceptors (Lipinski definition) is 11. The molecule has 53 heavy (non-hydrogen) atoms. The molecule has 0 aliphatic heterocycles. The average molecular weight is 775 g/mol. The monoisotopic (exact) mass is 774 g/mol. The van der Waals surface area contributed by atoms with Gasteiger partial charge in [-0.1, -0.05) is 127 Å². The van der Waals surface area contributed by atoms with Gasteiger partial charge in [0.15, 0.2) is 0 Å². The molecule has 6 unspecified atom stereocenters. The van der Waals surface area contributed by atoms with Gasteiger partial charge in [-0.3, -0.25) is 13.8 Å². The number of phosphoric acid groups is 1. The van der Waals surface area contributed by atoms with E-state index in [1.165, 1.54) is 51.4 Å². The molecule has 1 fully saturated rings. The van der Waals surface area contributed by atoms with E-state index in [9.17, 15) is 39.8 Å². The summed E-state index contributed by atoms with van der Waals surface area (Å²) < 4.78 is 33.9. The Labute approximate surface area is 318 Å². The maximum atomic E-state index is 12.7. The molecule has 0 saturated heterocycles. The highest BCUT2D eigenvalue weighted by atomic mass is 31.2. The van der Waals surface area contributed by atoms with Crippen LogP contribution in [0.2, 0.25) is 0 Å². The van der Waals surface area contributed by atoms with E-state index in [1.54, 1.807) is 0 Å². The topological polar surface area (TPSA) is 192 Å². The molecule has 12 nitrogen and oxygen atoms in total. The summed E-state index contributed by atoms with van der Waals surface area (Å²) in [4.78, 5) is 23.0. The molecule has 0 bridgehead atoms. The van der Waals surface area contributed by atoms with Crippen LogP contribution in [-0.4, -0.2) is 98.9 Å². The lowest BCUT2D eigenvalue weighted by Crippen LogP contribution is -2.64. The van der Waals surface area contributed by atoms with Crippen LogP contribution in [-0.2, 0) is 27.9 Å². The van der Waals surface area contributed by atoms with Gasteiger partial charge in [0.25, 0.3) is 0 Å². The Kier molecular flexibility index (Phi) is 29.3. The second-order valence-corrected chi connectivity index (χ2v) is 15.2. The van der Waals surface area contributed by atoms with Crippen molar-refractivity contribution in [2.45, 2.75) is 179 Å². The first-order valence-electron chi connectivity index (χ1n) is 20.0. The molecule has 0 heterocycles. The van der Waals surface area contributed by atoms with Gasteiger partial charge in [0.2, 0.25) is 0 Å². The Balaban J connectivity index is 2.50. The second kappa shape index (κ2) is 31.5. The van der Waals surface area contributed by atoms with Crippen LogP contribution in [0.3, 0.4) is 0 Å². The fourth-order valence-corrected chi connectivity index (χ4v) is 6.73. The van der Waals surface area contributed by atoms with E-state index >= 15 is 0 Å². The molecule has 0 spiro atoms. The van der Waals surface area contributed by atoms with Crippen LogP contribution < -0.4 is 0 Å². The molecule has 0 aromatic rings. The normalized spacial score (nSPS) is 24.2. The van der Waals surface area contributed by atoms with E-state index < -0.39 is 63.1 Å². The summed E-state index contributed by atoms with van der Waals surface area (Å²) in [6.07, 6.45) is 23.4. The van der Waals surface area contributed by atoms with Crippen molar-refractivity contribution in [2.75, 3.05) is 19.8 Å². The number of aliphatic hydroxyl groups is 5. The van der Waals surface area contributed by atoms with Gasteiger partial charge in [0.1, 0.15) is 42.7 Å². The van der Waals surface area contributed by atoms with Gasteiger partial charge in [-0.25, -0.2) is 4.57 Å². The number of ether oxygens (including phenoxy) is 2. The number of aliphatic hydroxyl groups excluding tert-OH is 5. The van der Waals surface area contributed by atoms with E-state index in [0.717, 1.165) is 57.8 Å². The van der Waals surface area contributed by atoms with Gasteiger partial charge in [0, 0.05) is 13.0 Å². The molecule has 0 aromatic carbocycles. The van der Waals surface area contributed by atoms with Crippen molar-refractivity contribution in [2.24, 2.45) is 0 Å². The number of unbranched alkanes of at least 4 members (excludes halogenated alkanes) is 12. The zero-order valence-electron chi connectivity index (χ0n) is 32.3. The molecule has 0 amide bonds. The third-order valence-electron chi connectivity index (χ3n) is 8.97. The minimum Gasteiger partial charge on any atom is -0.457 e. The SMILES string of the molecule is CC/C=C\C/C=C\C/C=C\C/C=C\CCCCC(=O)OC(COCCCCCCCCCCCCC)COP(=O)(O)OC1C(O)C(O)C(O)C(O)C1O. The Morgan fingerprint density at radius 2 is 1.11 bits per heavy atom. The zero-order valence-corrected chi connectivity index (χ0v) is 33.2. The van der Waals surface area contributed by atoms with E-state index in [0.29, 0.717) is 13.0 Å². The average Bonchev–Trinajstić information content (AvgIpc) is 3.14. The van der Waals surface area contributed by atoms with Crippen molar-refractivity contribution in [3.05, 3.63) is 48.6 Å². The van der Waals surface area contributed by atoms with Crippen molar-refractivity contribution in [3.8, 4) is 0 Å². The maximum Gasteiger partial charge on any atom is 0.472 e. The lowest BCUT2D eigenvalue weighted by molar-refractivity contribution is -0.220. The fraction of sp³-hybridized carbons (Fsp3) is 0.775. The Bertz CT molecular complexity index is 1060. The number of esters is 1. The summed E-state index contributed by atoms with van der Waals surface area (Å²) in [5, 5.41) is 50.0. The minimum atomic E-state index is -5.02. The highest BCUT2D eigenvalue weighted by Gasteiger charge is 2.51. The quantitative estimate of drug-likeness (QED) is 0.0179. The van der Waals surface area contributed by atoms with Crippen LogP contribution >= 0.6 is 7.82 Å². The number of phosphoric ester groups is 1. The van der Waals surface area contributed by atoms with Crippen molar-refractivity contribution >= 4 is 13.8 Å². The van der Waals surface area contributed by atoms with Gasteiger partial charge in [-0.15, -0.1) is 0 Å². The van der Waals surface area contributed by atoms with Crippen LogP contribution in [0, 0.1) is 0 Å². The first kappa shape index (κ1) is 49.3. The summed E-state index contributed by atoms with van der Waals surface area (Å²) in [7, 11) is -5.02. The Hall–Kier alpha value is -1.70. The number of carbonyl (C=O) groups is 1. The van der Waals surface area contributed by atoms with Crippen LogP contribution in [0.25, 0.3) is 0 Å². The molecule has 1 saturated carbocycles. The molecule has 308 valence electrons. The summed E-state index contributed by atoms with van der Waals surface area (Å²) in [6, 6.07) is 0. The molecule has 0 radical (unpaired) electrons. The lowest BCUT2D eigenvalue weighted by atomic mass is 9.85. The molecular formula is C40H71O12P. The van der Waals surface area contributed by atoms with E-state index in [-0.39, 0.29) is 13.0 Å². The smallest absolute Gasteiger partial charge is 0.457 e.